The fourth-order valence-corrected chi connectivity index (χ4v) is 2.23. The SMILES string of the molecule is C=CC[C@@H](Oc1ccc(OC)c(OC)c1)c1ccc(C#N)cc1. The predicted molar refractivity (Wildman–Crippen MR) is 88.9 cm³/mol. The Kier molecular flexibility index (Phi) is 5.65. The number of ether oxygens (including phenoxy) is 3. The van der Waals surface area contributed by atoms with E-state index >= 15 is 0 Å². The molecule has 2 aromatic rings. The third-order valence-electron chi connectivity index (χ3n) is 3.43. The minimum absolute atomic E-state index is 0.182. The van der Waals surface area contributed by atoms with Gasteiger partial charge >= 0.3 is 0 Å². The van der Waals surface area contributed by atoms with E-state index in [1.807, 2.05) is 24.3 Å². The van der Waals surface area contributed by atoms with Crippen LogP contribution in [0.5, 0.6) is 17.2 Å². The third kappa shape index (κ3) is 4.04. The number of methoxy groups -OCH3 is 2. The highest BCUT2D eigenvalue weighted by Gasteiger charge is 2.14. The standard InChI is InChI=1S/C19H19NO3/c1-4-5-17(15-8-6-14(13-20)7-9-15)23-16-10-11-18(21-2)19(12-16)22-3/h4,6-12,17H,1,5H2,2-3H3/t17-/m1/s1. The Bertz CT molecular complexity index is 702. The lowest BCUT2D eigenvalue weighted by atomic mass is 10.0. The first-order chi connectivity index (χ1) is 11.2. The molecule has 0 aliphatic carbocycles. The molecule has 118 valence electrons. The highest BCUT2D eigenvalue weighted by Crippen LogP contribution is 2.33. The Labute approximate surface area is 136 Å². The second-order valence-corrected chi connectivity index (χ2v) is 4.88. The highest BCUT2D eigenvalue weighted by atomic mass is 16.5. The number of benzene rings is 2. The number of nitrogens with zero attached hydrogens (tertiary/aromatic N) is 1. The van der Waals surface area contributed by atoms with Gasteiger partial charge in [-0.25, -0.2) is 0 Å². The second kappa shape index (κ2) is 7.90. The molecule has 0 aliphatic rings. The molecule has 0 spiro atoms. The van der Waals surface area contributed by atoms with Crippen LogP contribution in [0.3, 0.4) is 0 Å². The summed E-state index contributed by atoms with van der Waals surface area (Å²) in [5.74, 6) is 1.94. The average Bonchev–Trinajstić information content (AvgIpc) is 2.61. The van der Waals surface area contributed by atoms with Crippen molar-refractivity contribution >= 4 is 0 Å². The van der Waals surface area contributed by atoms with E-state index in [1.54, 1.807) is 38.5 Å². The minimum atomic E-state index is -0.182. The molecule has 0 heterocycles. The molecule has 0 unspecified atom stereocenters. The maximum Gasteiger partial charge on any atom is 0.164 e. The summed E-state index contributed by atoms with van der Waals surface area (Å²) in [5, 5.41) is 8.89. The maximum atomic E-state index is 8.89. The molecule has 0 N–H and O–H groups in total. The molecule has 0 saturated heterocycles. The summed E-state index contributed by atoms with van der Waals surface area (Å²) in [6.45, 7) is 3.79. The van der Waals surface area contributed by atoms with Crippen LogP contribution in [0.2, 0.25) is 0 Å². The summed E-state index contributed by atoms with van der Waals surface area (Å²) in [6.07, 6.45) is 2.28. The van der Waals surface area contributed by atoms with Gasteiger partial charge in [0, 0.05) is 12.5 Å². The van der Waals surface area contributed by atoms with Crippen molar-refractivity contribution in [1.82, 2.24) is 0 Å². The second-order valence-electron chi connectivity index (χ2n) is 4.88. The Morgan fingerprint density at radius 3 is 2.35 bits per heavy atom. The van der Waals surface area contributed by atoms with Gasteiger partial charge in [0.2, 0.25) is 0 Å². The van der Waals surface area contributed by atoms with Gasteiger partial charge in [-0.3, -0.25) is 0 Å². The van der Waals surface area contributed by atoms with E-state index in [4.69, 9.17) is 19.5 Å². The van der Waals surface area contributed by atoms with E-state index in [2.05, 4.69) is 12.6 Å². The molecule has 2 rings (SSSR count). The van der Waals surface area contributed by atoms with Gasteiger partial charge in [0.1, 0.15) is 11.9 Å². The van der Waals surface area contributed by atoms with Gasteiger partial charge in [-0.05, 0) is 29.8 Å². The topological polar surface area (TPSA) is 51.5 Å². The lowest BCUT2D eigenvalue weighted by molar-refractivity contribution is 0.208. The minimum Gasteiger partial charge on any atom is -0.493 e. The van der Waals surface area contributed by atoms with E-state index in [9.17, 15) is 0 Å². The van der Waals surface area contributed by atoms with Crippen molar-refractivity contribution in [2.24, 2.45) is 0 Å². The molecule has 4 nitrogen and oxygen atoms in total. The van der Waals surface area contributed by atoms with Gasteiger partial charge in [0.05, 0.1) is 25.9 Å². The Morgan fingerprint density at radius 1 is 1.09 bits per heavy atom. The highest BCUT2D eigenvalue weighted by molar-refractivity contribution is 5.45. The van der Waals surface area contributed by atoms with Crippen molar-refractivity contribution in [2.45, 2.75) is 12.5 Å². The fraction of sp³-hybridized carbons (Fsp3) is 0.211. The first-order valence-corrected chi connectivity index (χ1v) is 7.21. The van der Waals surface area contributed by atoms with Gasteiger partial charge < -0.3 is 14.2 Å². The maximum absolute atomic E-state index is 8.89. The quantitative estimate of drug-likeness (QED) is 0.717. The fourth-order valence-electron chi connectivity index (χ4n) is 2.23. The Hall–Kier alpha value is -2.93. The first-order valence-electron chi connectivity index (χ1n) is 7.21. The van der Waals surface area contributed by atoms with E-state index in [0.717, 1.165) is 5.56 Å². The summed E-state index contributed by atoms with van der Waals surface area (Å²) in [5.41, 5.74) is 1.61. The summed E-state index contributed by atoms with van der Waals surface area (Å²) in [7, 11) is 3.18. The lowest BCUT2D eigenvalue weighted by Crippen LogP contribution is -2.07. The van der Waals surface area contributed by atoms with Crippen LogP contribution in [0.25, 0.3) is 0 Å². The molecule has 0 aliphatic heterocycles. The molecular weight excluding hydrogens is 290 g/mol. The van der Waals surface area contributed by atoms with E-state index < -0.39 is 0 Å². The average molecular weight is 309 g/mol. The predicted octanol–water partition coefficient (Wildman–Crippen LogP) is 4.27. The van der Waals surface area contributed by atoms with E-state index in [1.165, 1.54) is 0 Å². The van der Waals surface area contributed by atoms with Gasteiger partial charge in [0.15, 0.2) is 11.5 Å². The number of hydrogen-bond acceptors (Lipinski definition) is 4. The van der Waals surface area contributed by atoms with Crippen molar-refractivity contribution in [1.29, 1.82) is 5.26 Å². The van der Waals surface area contributed by atoms with Crippen LogP contribution < -0.4 is 14.2 Å². The summed E-state index contributed by atoms with van der Waals surface area (Å²) >= 11 is 0. The first kappa shape index (κ1) is 16.4. The van der Waals surface area contributed by atoms with Crippen molar-refractivity contribution in [3.8, 4) is 23.3 Å². The van der Waals surface area contributed by atoms with Crippen molar-refractivity contribution in [3.05, 3.63) is 66.2 Å². The molecule has 4 heteroatoms. The van der Waals surface area contributed by atoms with Gasteiger partial charge in [0.25, 0.3) is 0 Å². The molecule has 0 bridgehead atoms. The normalized spacial score (nSPS) is 11.2. The zero-order chi connectivity index (χ0) is 16.7. The third-order valence-corrected chi connectivity index (χ3v) is 3.43. The van der Waals surface area contributed by atoms with Gasteiger partial charge in [-0.2, -0.15) is 5.26 Å². The zero-order valence-corrected chi connectivity index (χ0v) is 13.3. The molecule has 1 atom stereocenters. The summed E-state index contributed by atoms with van der Waals surface area (Å²) in [4.78, 5) is 0. The smallest absolute Gasteiger partial charge is 0.164 e. The molecule has 2 aromatic carbocycles. The Balaban J connectivity index is 2.25. The number of rotatable bonds is 7. The monoisotopic (exact) mass is 309 g/mol. The van der Waals surface area contributed by atoms with Crippen LogP contribution in [0.4, 0.5) is 0 Å². The molecule has 0 saturated carbocycles. The molecule has 23 heavy (non-hydrogen) atoms. The van der Waals surface area contributed by atoms with E-state index in [0.29, 0.717) is 29.2 Å². The molecular formula is C19H19NO3. The number of nitriles is 1. The lowest BCUT2D eigenvalue weighted by Gasteiger charge is -2.19. The molecule has 0 radical (unpaired) electrons. The molecule has 0 fully saturated rings. The van der Waals surface area contributed by atoms with Gasteiger partial charge in [-0.15, -0.1) is 6.58 Å². The molecule has 0 amide bonds. The number of hydrogen-bond donors (Lipinski definition) is 0. The summed E-state index contributed by atoms with van der Waals surface area (Å²) < 4.78 is 16.6. The summed E-state index contributed by atoms with van der Waals surface area (Å²) in [6, 6.07) is 14.9. The zero-order valence-electron chi connectivity index (χ0n) is 13.3. The van der Waals surface area contributed by atoms with Crippen LogP contribution in [0, 0.1) is 11.3 Å². The molecule has 0 aromatic heterocycles. The Morgan fingerprint density at radius 2 is 1.78 bits per heavy atom. The van der Waals surface area contributed by atoms with Crippen molar-refractivity contribution in [2.75, 3.05) is 14.2 Å². The van der Waals surface area contributed by atoms with Gasteiger partial charge in [-0.1, -0.05) is 18.2 Å². The van der Waals surface area contributed by atoms with Crippen LogP contribution >= 0.6 is 0 Å². The van der Waals surface area contributed by atoms with Crippen LogP contribution in [-0.4, -0.2) is 14.2 Å². The van der Waals surface area contributed by atoms with E-state index in [-0.39, 0.29) is 6.10 Å². The van der Waals surface area contributed by atoms with Crippen molar-refractivity contribution in [3.63, 3.8) is 0 Å². The van der Waals surface area contributed by atoms with Crippen LogP contribution in [0.15, 0.2) is 55.1 Å². The van der Waals surface area contributed by atoms with Crippen molar-refractivity contribution < 1.29 is 14.2 Å². The van der Waals surface area contributed by atoms with Crippen LogP contribution in [0.1, 0.15) is 23.7 Å². The van der Waals surface area contributed by atoms with Crippen LogP contribution in [-0.2, 0) is 0 Å². The largest absolute Gasteiger partial charge is 0.493 e.